The molecule has 1 aromatic carbocycles. The molecule has 0 atom stereocenters. The van der Waals surface area contributed by atoms with Gasteiger partial charge in [0, 0.05) is 24.8 Å². The normalized spacial score (nSPS) is 9.40. The average Bonchev–Trinajstić information content (AvgIpc) is 2.25. The summed E-state index contributed by atoms with van der Waals surface area (Å²) in [4.78, 5) is 13.3. The van der Waals surface area contributed by atoms with Crippen LogP contribution < -0.4 is 4.90 Å². The van der Waals surface area contributed by atoms with E-state index in [-0.39, 0.29) is 5.78 Å². The van der Waals surface area contributed by atoms with Gasteiger partial charge in [-0.15, -0.1) is 0 Å². The number of nitriles is 1. The summed E-state index contributed by atoms with van der Waals surface area (Å²) in [6, 6.07) is 9.53. The maximum absolute atomic E-state index is 11.4. The zero-order valence-corrected chi connectivity index (χ0v) is 9.03. The lowest BCUT2D eigenvalue weighted by molar-refractivity contribution is 0.101. The highest BCUT2D eigenvalue weighted by atomic mass is 16.1. The third-order valence-corrected chi connectivity index (χ3v) is 2.25. The molecule has 0 radical (unpaired) electrons. The number of carbonyl (C=O) groups excluding carboxylic acids is 1. The molecule has 0 saturated heterocycles. The second kappa shape index (κ2) is 5.16. The number of ketones is 1. The molecule has 0 N–H and O–H groups in total. The van der Waals surface area contributed by atoms with Crippen LogP contribution in [0.4, 0.5) is 5.69 Å². The Hall–Kier alpha value is -1.82. The van der Waals surface area contributed by atoms with Gasteiger partial charge in [0.05, 0.1) is 12.5 Å². The molecule has 0 aliphatic rings. The molecule has 15 heavy (non-hydrogen) atoms. The van der Waals surface area contributed by atoms with Crippen molar-refractivity contribution in [3.8, 4) is 6.07 Å². The van der Waals surface area contributed by atoms with Gasteiger partial charge in [0.1, 0.15) is 0 Å². The van der Waals surface area contributed by atoms with Gasteiger partial charge in [-0.05, 0) is 19.1 Å². The zero-order chi connectivity index (χ0) is 11.3. The Morgan fingerprint density at radius 2 is 2.13 bits per heavy atom. The smallest absolute Gasteiger partial charge is 0.161 e. The molecule has 78 valence electrons. The van der Waals surface area contributed by atoms with Crippen LogP contribution in [-0.2, 0) is 0 Å². The van der Waals surface area contributed by atoms with Gasteiger partial charge in [0.15, 0.2) is 5.78 Å². The average molecular weight is 202 g/mol. The van der Waals surface area contributed by atoms with Crippen molar-refractivity contribution < 1.29 is 4.79 Å². The summed E-state index contributed by atoms with van der Waals surface area (Å²) in [6.45, 7) is 2.19. The summed E-state index contributed by atoms with van der Waals surface area (Å²) >= 11 is 0. The van der Waals surface area contributed by atoms with Gasteiger partial charge in [-0.3, -0.25) is 4.79 Å². The van der Waals surface area contributed by atoms with E-state index in [1.165, 1.54) is 0 Å². The predicted molar refractivity (Wildman–Crippen MR) is 59.9 cm³/mol. The van der Waals surface area contributed by atoms with Crippen molar-refractivity contribution in [1.29, 1.82) is 5.26 Å². The Bertz CT molecular complexity index is 393. The first-order valence-corrected chi connectivity index (χ1v) is 4.85. The maximum atomic E-state index is 11.4. The summed E-state index contributed by atoms with van der Waals surface area (Å²) in [5.74, 6) is 0.0504. The molecule has 0 heterocycles. The lowest BCUT2D eigenvalue weighted by Crippen LogP contribution is -2.20. The monoisotopic (exact) mass is 202 g/mol. The van der Waals surface area contributed by atoms with Crippen molar-refractivity contribution in [2.45, 2.75) is 13.3 Å². The van der Waals surface area contributed by atoms with E-state index in [0.717, 1.165) is 5.69 Å². The number of nitrogens with zero attached hydrogens (tertiary/aromatic N) is 2. The van der Waals surface area contributed by atoms with E-state index in [2.05, 4.69) is 6.07 Å². The third kappa shape index (κ3) is 2.81. The predicted octanol–water partition coefficient (Wildman–Crippen LogP) is 2.24. The molecule has 0 bridgehead atoms. The Balaban J connectivity index is 2.93. The fourth-order valence-electron chi connectivity index (χ4n) is 1.44. The molecule has 0 fully saturated rings. The second-order valence-corrected chi connectivity index (χ2v) is 3.40. The van der Waals surface area contributed by atoms with Crippen LogP contribution in [0.5, 0.6) is 0 Å². The quantitative estimate of drug-likeness (QED) is 0.703. The van der Waals surface area contributed by atoms with Crippen molar-refractivity contribution in [3.63, 3.8) is 0 Å². The van der Waals surface area contributed by atoms with Crippen LogP contribution in [0.15, 0.2) is 24.3 Å². The van der Waals surface area contributed by atoms with Crippen LogP contribution in [-0.4, -0.2) is 19.4 Å². The molecule has 0 amide bonds. The first-order valence-electron chi connectivity index (χ1n) is 4.85. The lowest BCUT2D eigenvalue weighted by Gasteiger charge is -2.20. The fraction of sp³-hybridized carbons (Fsp3) is 0.333. The molecule has 1 aromatic rings. The van der Waals surface area contributed by atoms with Gasteiger partial charge in [-0.25, -0.2) is 0 Å². The number of benzene rings is 1. The Kier molecular flexibility index (Phi) is 3.87. The van der Waals surface area contributed by atoms with Gasteiger partial charge in [-0.2, -0.15) is 5.26 Å². The summed E-state index contributed by atoms with van der Waals surface area (Å²) in [5, 5.41) is 8.50. The minimum absolute atomic E-state index is 0.0504. The largest absolute Gasteiger partial charge is 0.373 e. The van der Waals surface area contributed by atoms with Gasteiger partial charge in [0.25, 0.3) is 0 Å². The van der Waals surface area contributed by atoms with E-state index in [1.54, 1.807) is 13.0 Å². The molecule has 0 spiro atoms. The van der Waals surface area contributed by atoms with Crippen LogP contribution in [0, 0.1) is 11.3 Å². The molecular formula is C12H14N2O. The number of hydrogen-bond donors (Lipinski definition) is 0. The molecule has 3 heteroatoms. The molecule has 0 saturated carbocycles. The third-order valence-electron chi connectivity index (χ3n) is 2.25. The SMILES string of the molecule is CC(=O)c1ccccc1N(C)CCC#N. The Labute approximate surface area is 89.9 Å². The van der Waals surface area contributed by atoms with Crippen LogP contribution in [0.2, 0.25) is 0 Å². The molecular weight excluding hydrogens is 188 g/mol. The van der Waals surface area contributed by atoms with Gasteiger partial charge in [0.2, 0.25) is 0 Å². The molecule has 0 aliphatic carbocycles. The summed E-state index contributed by atoms with van der Waals surface area (Å²) in [6.07, 6.45) is 0.461. The molecule has 0 aliphatic heterocycles. The second-order valence-electron chi connectivity index (χ2n) is 3.40. The van der Waals surface area contributed by atoms with Crippen molar-refractivity contribution in [2.24, 2.45) is 0 Å². The number of rotatable bonds is 4. The first kappa shape index (κ1) is 11.3. The molecule has 0 aromatic heterocycles. The topological polar surface area (TPSA) is 44.1 Å². The van der Waals surface area contributed by atoms with Crippen LogP contribution in [0.3, 0.4) is 0 Å². The number of Topliss-reactive ketones (excluding diaryl/α,β-unsaturated/α-hetero) is 1. The standard InChI is InChI=1S/C12H14N2O/c1-10(15)11-6-3-4-7-12(11)14(2)9-5-8-13/h3-4,6-7H,5,9H2,1-2H3. The van der Waals surface area contributed by atoms with Gasteiger partial charge in [-0.1, -0.05) is 12.1 Å². The Morgan fingerprint density at radius 3 is 2.73 bits per heavy atom. The number of hydrogen-bond acceptors (Lipinski definition) is 3. The van der Waals surface area contributed by atoms with Crippen LogP contribution >= 0.6 is 0 Å². The van der Waals surface area contributed by atoms with E-state index in [9.17, 15) is 4.79 Å². The van der Waals surface area contributed by atoms with Crippen molar-refractivity contribution >= 4 is 11.5 Å². The summed E-state index contributed by atoms with van der Waals surface area (Å²) < 4.78 is 0. The van der Waals surface area contributed by atoms with Crippen molar-refractivity contribution in [2.75, 3.05) is 18.5 Å². The van der Waals surface area contributed by atoms with Gasteiger partial charge >= 0.3 is 0 Å². The van der Waals surface area contributed by atoms with Crippen molar-refractivity contribution in [1.82, 2.24) is 0 Å². The lowest BCUT2D eigenvalue weighted by atomic mass is 10.1. The number of anilines is 1. The van der Waals surface area contributed by atoms with E-state index in [1.807, 2.05) is 30.1 Å². The van der Waals surface area contributed by atoms with Crippen molar-refractivity contribution in [3.05, 3.63) is 29.8 Å². The first-order chi connectivity index (χ1) is 7.16. The minimum atomic E-state index is 0.0504. The fourth-order valence-corrected chi connectivity index (χ4v) is 1.44. The molecule has 3 nitrogen and oxygen atoms in total. The van der Waals surface area contributed by atoms with E-state index in [0.29, 0.717) is 18.5 Å². The minimum Gasteiger partial charge on any atom is -0.373 e. The van der Waals surface area contributed by atoms with E-state index in [4.69, 9.17) is 5.26 Å². The molecule has 0 unspecified atom stereocenters. The summed E-state index contributed by atoms with van der Waals surface area (Å²) in [7, 11) is 1.89. The number of para-hydroxylation sites is 1. The number of carbonyl (C=O) groups is 1. The highest BCUT2D eigenvalue weighted by Gasteiger charge is 2.09. The highest BCUT2D eigenvalue weighted by molar-refractivity contribution is 5.99. The van der Waals surface area contributed by atoms with E-state index < -0.39 is 0 Å². The Morgan fingerprint density at radius 1 is 1.47 bits per heavy atom. The van der Waals surface area contributed by atoms with Crippen LogP contribution in [0.1, 0.15) is 23.7 Å². The van der Waals surface area contributed by atoms with Crippen LogP contribution in [0.25, 0.3) is 0 Å². The maximum Gasteiger partial charge on any atom is 0.161 e. The van der Waals surface area contributed by atoms with Gasteiger partial charge < -0.3 is 4.90 Å². The zero-order valence-electron chi connectivity index (χ0n) is 9.03. The highest BCUT2D eigenvalue weighted by Crippen LogP contribution is 2.19. The summed E-state index contributed by atoms with van der Waals surface area (Å²) in [5.41, 5.74) is 1.60. The molecule has 1 rings (SSSR count). The van der Waals surface area contributed by atoms with E-state index >= 15 is 0 Å².